The highest BCUT2D eigenvalue weighted by molar-refractivity contribution is 5.81. The third kappa shape index (κ3) is 2.85. The van der Waals surface area contributed by atoms with E-state index in [-0.39, 0.29) is 11.9 Å². The van der Waals surface area contributed by atoms with Crippen LogP contribution in [0.2, 0.25) is 0 Å². The van der Waals surface area contributed by atoms with E-state index in [4.69, 9.17) is 0 Å². The van der Waals surface area contributed by atoms with Gasteiger partial charge >= 0.3 is 0 Å². The second-order valence-electron chi connectivity index (χ2n) is 4.56. The molecule has 0 bridgehead atoms. The Morgan fingerprint density at radius 1 is 1.59 bits per heavy atom. The Balaban J connectivity index is 1.93. The molecule has 1 fully saturated rings. The molecule has 1 aromatic rings. The largest absolute Gasteiger partial charge is 0.341 e. The quantitative estimate of drug-likeness (QED) is 0.814. The number of aryl methyl sites for hydroxylation is 1. The van der Waals surface area contributed by atoms with E-state index in [1.54, 1.807) is 6.20 Å². The van der Waals surface area contributed by atoms with Crippen molar-refractivity contribution in [3.8, 4) is 0 Å². The van der Waals surface area contributed by atoms with E-state index < -0.39 is 0 Å². The van der Waals surface area contributed by atoms with Crippen LogP contribution in [0.3, 0.4) is 0 Å². The van der Waals surface area contributed by atoms with Crippen LogP contribution in [0.25, 0.3) is 0 Å². The molecule has 0 aliphatic carbocycles. The zero-order valence-electron chi connectivity index (χ0n) is 10.5. The topological polar surface area (TPSA) is 50.2 Å². The van der Waals surface area contributed by atoms with Crippen LogP contribution in [-0.4, -0.2) is 46.0 Å². The molecule has 1 N–H and O–H groups in total. The zero-order valence-corrected chi connectivity index (χ0v) is 10.5. The van der Waals surface area contributed by atoms with E-state index in [2.05, 4.69) is 10.3 Å². The van der Waals surface area contributed by atoms with Crippen molar-refractivity contribution in [2.75, 3.05) is 19.6 Å². The second kappa shape index (κ2) is 5.31. The molecule has 0 saturated carbocycles. The molecule has 0 spiro atoms. The Labute approximate surface area is 102 Å². The predicted molar refractivity (Wildman–Crippen MR) is 65.6 cm³/mol. The third-order valence-corrected chi connectivity index (χ3v) is 3.26. The standard InChI is InChI=1S/C12H20N4O/c1-10-12(17)16(7-3-5-13-10)8-4-11-14-6-9-15(11)2/h6,9-10,13H,3-5,7-8H2,1-2H3. The van der Waals surface area contributed by atoms with Gasteiger partial charge in [-0.2, -0.15) is 0 Å². The Morgan fingerprint density at radius 2 is 2.41 bits per heavy atom. The molecule has 5 nitrogen and oxygen atoms in total. The van der Waals surface area contributed by atoms with E-state index in [0.29, 0.717) is 0 Å². The van der Waals surface area contributed by atoms with Crippen LogP contribution in [0.5, 0.6) is 0 Å². The number of nitrogens with zero attached hydrogens (tertiary/aromatic N) is 3. The molecule has 0 radical (unpaired) electrons. The minimum absolute atomic E-state index is 0.0566. The Hall–Kier alpha value is -1.36. The summed E-state index contributed by atoms with van der Waals surface area (Å²) in [5.41, 5.74) is 0. The fourth-order valence-electron chi connectivity index (χ4n) is 2.15. The normalized spacial score (nSPS) is 21.6. The number of hydrogen-bond acceptors (Lipinski definition) is 3. The Morgan fingerprint density at radius 3 is 3.12 bits per heavy atom. The molecule has 1 amide bonds. The molecule has 1 aliphatic heterocycles. The first-order chi connectivity index (χ1) is 8.18. The van der Waals surface area contributed by atoms with Gasteiger partial charge in [0.25, 0.3) is 0 Å². The van der Waals surface area contributed by atoms with Crippen LogP contribution in [0.4, 0.5) is 0 Å². The number of amides is 1. The number of imidazole rings is 1. The lowest BCUT2D eigenvalue weighted by atomic mass is 10.2. The maximum Gasteiger partial charge on any atom is 0.239 e. The van der Waals surface area contributed by atoms with Crippen molar-refractivity contribution in [2.45, 2.75) is 25.8 Å². The van der Waals surface area contributed by atoms with Gasteiger partial charge in [-0.05, 0) is 19.9 Å². The summed E-state index contributed by atoms with van der Waals surface area (Å²) >= 11 is 0. The van der Waals surface area contributed by atoms with E-state index in [1.807, 2.05) is 29.6 Å². The van der Waals surface area contributed by atoms with Gasteiger partial charge < -0.3 is 14.8 Å². The van der Waals surface area contributed by atoms with Crippen LogP contribution < -0.4 is 5.32 Å². The summed E-state index contributed by atoms with van der Waals surface area (Å²) < 4.78 is 2.00. The minimum atomic E-state index is -0.0566. The van der Waals surface area contributed by atoms with Gasteiger partial charge in [0.2, 0.25) is 5.91 Å². The summed E-state index contributed by atoms with van der Waals surface area (Å²) in [4.78, 5) is 18.2. The summed E-state index contributed by atoms with van der Waals surface area (Å²) in [6, 6.07) is -0.0566. The second-order valence-corrected chi connectivity index (χ2v) is 4.56. The van der Waals surface area contributed by atoms with Gasteiger partial charge in [0.1, 0.15) is 5.82 Å². The maximum absolute atomic E-state index is 12.0. The zero-order chi connectivity index (χ0) is 12.3. The first-order valence-corrected chi connectivity index (χ1v) is 6.17. The molecular weight excluding hydrogens is 216 g/mol. The maximum atomic E-state index is 12.0. The van der Waals surface area contributed by atoms with Gasteiger partial charge in [-0.25, -0.2) is 4.98 Å². The molecule has 1 unspecified atom stereocenters. The molecule has 1 aliphatic rings. The van der Waals surface area contributed by atoms with E-state index in [1.165, 1.54) is 0 Å². The molecule has 94 valence electrons. The highest BCUT2D eigenvalue weighted by Gasteiger charge is 2.22. The van der Waals surface area contributed by atoms with Gasteiger partial charge in [0, 0.05) is 39.0 Å². The number of rotatable bonds is 3. The fraction of sp³-hybridized carbons (Fsp3) is 0.667. The summed E-state index contributed by atoms with van der Waals surface area (Å²) in [6.45, 7) is 4.46. The van der Waals surface area contributed by atoms with Crippen molar-refractivity contribution in [2.24, 2.45) is 7.05 Å². The van der Waals surface area contributed by atoms with Crippen LogP contribution in [0, 0.1) is 0 Å². The van der Waals surface area contributed by atoms with Crippen molar-refractivity contribution in [1.82, 2.24) is 19.8 Å². The summed E-state index contributed by atoms with van der Waals surface area (Å²) in [6.07, 6.45) is 5.58. The molecule has 1 aromatic heterocycles. The molecule has 1 saturated heterocycles. The molecule has 2 rings (SSSR count). The van der Waals surface area contributed by atoms with Crippen LogP contribution in [0.1, 0.15) is 19.2 Å². The highest BCUT2D eigenvalue weighted by atomic mass is 16.2. The van der Waals surface area contributed by atoms with Gasteiger partial charge in [-0.3, -0.25) is 4.79 Å². The molecule has 17 heavy (non-hydrogen) atoms. The van der Waals surface area contributed by atoms with Gasteiger partial charge in [0.15, 0.2) is 0 Å². The lowest BCUT2D eigenvalue weighted by Gasteiger charge is -2.22. The van der Waals surface area contributed by atoms with Crippen molar-refractivity contribution in [3.05, 3.63) is 18.2 Å². The predicted octanol–water partition coefficient (Wildman–Crippen LogP) is 0.173. The SMILES string of the molecule is CC1NCCCN(CCc2nccn2C)C1=O. The monoisotopic (exact) mass is 236 g/mol. The molecule has 5 heteroatoms. The van der Waals surface area contributed by atoms with E-state index in [0.717, 1.165) is 38.3 Å². The fourth-order valence-corrected chi connectivity index (χ4v) is 2.15. The Bertz CT molecular complexity index is 388. The number of aromatic nitrogens is 2. The summed E-state index contributed by atoms with van der Waals surface area (Å²) in [7, 11) is 1.98. The third-order valence-electron chi connectivity index (χ3n) is 3.26. The van der Waals surface area contributed by atoms with E-state index in [9.17, 15) is 4.79 Å². The number of carbonyl (C=O) groups excluding carboxylic acids is 1. The number of hydrogen-bond donors (Lipinski definition) is 1. The van der Waals surface area contributed by atoms with Crippen LogP contribution >= 0.6 is 0 Å². The number of nitrogens with one attached hydrogen (secondary N) is 1. The van der Waals surface area contributed by atoms with Crippen molar-refractivity contribution >= 4 is 5.91 Å². The Kier molecular flexibility index (Phi) is 3.78. The molecule has 2 heterocycles. The highest BCUT2D eigenvalue weighted by Crippen LogP contribution is 2.04. The molecule has 0 aromatic carbocycles. The number of carbonyl (C=O) groups is 1. The summed E-state index contributed by atoms with van der Waals surface area (Å²) in [5, 5.41) is 3.22. The molecular formula is C12H20N4O. The average Bonchev–Trinajstić information content (AvgIpc) is 2.65. The van der Waals surface area contributed by atoms with Crippen molar-refractivity contribution < 1.29 is 4.79 Å². The van der Waals surface area contributed by atoms with Crippen LogP contribution in [-0.2, 0) is 18.3 Å². The first kappa shape index (κ1) is 12.1. The van der Waals surface area contributed by atoms with Gasteiger partial charge in [-0.15, -0.1) is 0 Å². The van der Waals surface area contributed by atoms with Gasteiger partial charge in [-0.1, -0.05) is 0 Å². The van der Waals surface area contributed by atoms with Gasteiger partial charge in [0.05, 0.1) is 6.04 Å². The lowest BCUT2D eigenvalue weighted by Crippen LogP contribution is -2.42. The average molecular weight is 236 g/mol. The smallest absolute Gasteiger partial charge is 0.239 e. The lowest BCUT2D eigenvalue weighted by molar-refractivity contribution is -0.132. The van der Waals surface area contributed by atoms with Crippen LogP contribution in [0.15, 0.2) is 12.4 Å². The first-order valence-electron chi connectivity index (χ1n) is 6.17. The van der Waals surface area contributed by atoms with Crippen molar-refractivity contribution in [3.63, 3.8) is 0 Å². The minimum Gasteiger partial charge on any atom is -0.341 e. The van der Waals surface area contributed by atoms with Crippen molar-refractivity contribution in [1.29, 1.82) is 0 Å². The molecule has 1 atom stereocenters. The summed E-state index contributed by atoms with van der Waals surface area (Å²) in [5.74, 6) is 1.24. The van der Waals surface area contributed by atoms with E-state index >= 15 is 0 Å².